The largest absolute Gasteiger partial charge is 0.333 e. The molecule has 0 amide bonds. The number of aromatic nitrogens is 3. The summed E-state index contributed by atoms with van der Waals surface area (Å²) in [5, 5.41) is 3.50. The summed E-state index contributed by atoms with van der Waals surface area (Å²) >= 11 is 0. The Morgan fingerprint density at radius 1 is 1.26 bits per heavy atom. The zero-order valence-electron chi connectivity index (χ0n) is 11.9. The van der Waals surface area contributed by atoms with Crippen molar-refractivity contribution in [1.29, 1.82) is 0 Å². The van der Waals surface area contributed by atoms with E-state index < -0.39 is 0 Å². The van der Waals surface area contributed by atoms with Crippen molar-refractivity contribution >= 4 is 0 Å². The second kappa shape index (κ2) is 6.48. The van der Waals surface area contributed by atoms with Gasteiger partial charge >= 0.3 is 0 Å². The first-order valence-corrected chi connectivity index (χ1v) is 6.93. The number of rotatable bonds is 6. The molecule has 0 aliphatic heterocycles. The fourth-order valence-corrected chi connectivity index (χ4v) is 2.33. The van der Waals surface area contributed by atoms with E-state index in [4.69, 9.17) is 0 Å². The molecule has 4 nitrogen and oxygen atoms in total. The summed E-state index contributed by atoms with van der Waals surface area (Å²) in [4.78, 5) is 9.07. The molecule has 0 radical (unpaired) electrons. The van der Waals surface area contributed by atoms with Crippen LogP contribution >= 0.6 is 0 Å². The minimum atomic E-state index is 0.0627. The van der Waals surface area contributed by atoms with Gasteiger partial charge in [0.25, 0.3) is 0 Å². The van der Waals surface area contributed by atoms with Gasteiger partial charge in [-0.15, -0.1) is 0 Å². The van der Waals surface area contributed by atoms with Crippen molar-refractivity contribution in [2.75, 3.05) is 6.54 Å². The van der Waals surface area contributed by atoms with Gasteiger partial charge in [-0.1, -0.05) is 19.9 Å². The van der Waals surface area contributed by atoms with Crippen LogP contribution in [0, 0.1) is 6.92 Å². The number of imidazole rings is 1. The van der Waals surface area contributed by atoms with Crippen LogP contribution in [-0.4, -0.2) is 21.1 Å². The van der Waals surface area contributed by atoms with Crippen LogP contribution < -0.4 is 5.32 Å². The van der Waals surface area contributed by atoms with Gasteiger partial charge in [0.15, 0.2) is 0 Å². The predicted octanol–water partition coefficient (Wildman–Crippen LogP) is 2.70. The summed E-state index contributed by atoms with van der Waals surface area (Å²) in [6.45, 7) is 8.26. The molecule has 0 saturated heterocycles. The van der Waals surface area contributed by atoms with Crippen molar-refractivity contribution in [2.24, 2.45) is 0 Å². The molecule has 0 aliphatic rings. The molecule has 2 aromatic heterocycles. The molecule has 2 aromatic rings. The normalized spacial score (nSPS) is 12.6. The van der Waals surface area contributed by atoms with Crippen molar-refractivity contribution in [1.82, 2.24) is 19.9 Å². The molecule has 19 heavy (non-hydrogen) atoms. The lowest BCUT2D eigenvalue weighted by Crippen LogP contribution is -2.27. The summed E-state index contributed by atoms with van der Waals surface area (Å²) < 4.78 is 2.21. The van der Waals surface area contributed by atoms with Gasteiger partial charge in [0.2, 0.25) is 0 Å². The summed E-state index contributed by atoms with van der Waals surface area (Å²) in [5.41, 5.74) is 2.26. The van der Waals surface area contributed by atoms with Crippen molar-refractivity contribution in [3.63, 3.8) is 0 Å². The Hall–Kier alpha value is -1.68. The van der Waals surface area contributed by atoms with Gasteiger partial charge in [-0.3, -0.25) is 4.98 Å². The van der Waals surface area contributed by atoms with Gasteiger partial charge in [-0.2, -0.15) is 0 Å². The van der Waals surface area contributed by atoms with Gasteiger partial charge in [0.1, 0.15) is 11.9 Å². The van der Waals surface area contributed by atoms with E-state index in [1.165, 1.54) is 5.56 Å². The van der Waals surface area contributed by atoms with E-state index in [9.17, 15) is 0 Å². The van der Waals surface area contributed by atoms with Crippen molar-refractivity contribution in [2.45, 2.75) is 39.8 Å². The number of aryl methyl sites for hydroxylation is 2. The highest BCUT2D eigenvalue weighted by molar-refractivity contribution is 5.26. The Morgan fingerprint density at radius 3 is 2.79 bits per heavy atom. The van der Waals surface area contributed by atoms with Crippen molar-refractivity contribution < 1.29 is 0 Å². The molecule has 1 atom stereocenters. The minimum Gasteiger partial charge on any atom is -0.333 e. The minimum absolute atomic E-state index is 0.0627. The smallest absolute Gasteiger partial charge is 0.132 e. The van der Waals surface area contributed by atoms with Gasteiger partial charge in [-0.25, -0.2) is 4.98 Å². The molecular formula is C15H22N4. The Labute approximate surface area is 114 Å². The molecule has 0 saturated carbocycles. The second-order valence-electron chi connectivity index (χ2n) is 4.68. The van der Waals surface area contributed by atoms with E-state index in [1.807, 2.05) is 24.7 Å². The summed E-state index contributed by atoms with van der Waals surface area (Å²) in [7, 11) is 0. The summed E-state index contributed by atoms with van der Waals surface area (Å²) in [6.07, 6.45) is 6.86. The number of hydrogen-bond acceptors (Lipinski definition) is 3. The molecular weight excluding hydrogens is 236 g/mol. The first-order valence-electron chi connectivity index (χ1n) is 6.93. The van der Waals surface area contributed by atoms with Gasteiger partial charge < -0.3 is 9.88 Å². The van der Waals surface area contributed by atoms with Crippen molar-refractivity contribution in [3.8, 4) is 0 Å². The van der Waals surface area contributed by atoms with E-state index in [0.717, 1.165) is 31.0 Å². The van der Waals surface area contributed by atoms with Crippen LogP contribution in [0.1, 0.15) is 43.4 Å². The van der Waals surface area contributed by atoms with Gasteiger partial charge in [0.05, 0.1) is 5.69 Å². The average molecular weight is 258 g/mol. The number of nitrogens with one attached hydrogen (secondary N) is 1. The maximum Gasteiger partial charge on any atom is 0.132 e. The highest BCUT2D eigenvalue weighted by Crippen LogP contribution is 2.21. The average Bonchev–Trinajstić information content (AvgIpc) is 2.86. The standard InChI is InChI=1S/C15H22N4/c1-4-10-19-11-9-18-15(19)14(16-5-2)13-12(3)7-6-8-17-13/h6-9,11,14,16H,4-5,10H2,1-3H3. The highest BCUT2D eigenvalue weighted by atomic mass is 15.1. The Bertz CT molecular complexity index is 518. The Balaban J connectivity index is 2.40. The molecule has 0 aromatic carbocycles. The van der Waals surface area contributed by atoms with Crippen LogP contribution in [0.15, 0.2) is 30.7 Å². The maximum absolute atomic E-state index is 4.54. The first kappa shape index (κ1) is 13.7. The number of pyridine rings is 1. The molecule has 1 unspecified atom stereocenters. The van der Waals surface area contributed by atoms with Crippen LogP contribution in [0.5, 0.6) is 0 Å². The van der Waals surface area contributed by atoms with Crippen molar-refractivity contribution in [3.05, 3.63) is 47.8 Å². The first-order chi connectivity index (χ1) is 9.27. The number of nitrogens with zero attached hydrogens (tertiary/aromatic N) is 3. The summed E-state index contributed by atoms with van der Waals surface area (Å²) in [5.74, 6) is 1.05. The van der Waals surface area contributed by atoms with Gasteiger partial charge in [-0.05, 0) is 31.5 Å². The molecule has 2 rings (SSSR count). The Morgan fingerprint density at radius 2 is 2.11 bits per heavy atom. The fraction of sp³-hybridized carbons (Fsp3) is 0.467. The molecule has 0 spiro atoms. The van der Waals surface area contributed by atoms with E-state index >= 15 is 0 Å². The van der Waals surface area contributed by atoms with Crippen LogP contribution in [0.25, 0.3) is 0 Å². The third-order valence-electron chi connectivity index (χ3n) is 3.20. The van der Waals surface area contributed by atoms with E-state index in [2.05, 4.69) is 46.7 Å². The molecule has 1 N–H and O–H groups in total. The SMILES string of the molecule is CCCn1ccnc1C(NCC)c1ncccc1C. The molecule has 2 heterocycles. The third kappa shape index (κ3) is 3.01. The van der Waals surface area contributed by atoms with Crippen LogP contribution in [-0.2, 0) is 6.54 Å². The van der Waals surface area contributed by atoms with Crippen LogP contribution in [0.2, 0.25) is 0 Å². The zero-order chi connectivity index (χ0) is 13.7. The maximum atomic E-state index is 4.54. The Kier molecular flexibility index (Phi) is 4.68. The van der Waals surface area contributed by atoms with E-state index in [0.29, 0.717) is 0 Å². The quantitative estimate of drug-likeness (QED) is 0.866. The number of hydrogen-bond donors (Lipinski definition) is 1. The zero-order valence-corrected chi connectivity index (χ0v) is 11.9. The van der Waals surface area contributed by atoms with E-state index in [-0.39, 0.29) is 6.04 Å². The molecule has 4 heteroatoms. The predicted molar refractivity (Wildman–Crippen MR) is 77.0 cm³/mol. The molecule has 0 aliphatic carbocycles. The van der Waals surface area contributed by atoms with E-state index in [1.54, 1.807) is 0 Å². The second-order valence-corrected chi connectivity index (χ2v) is 4.68. The van der Waals surface area contributed by atoms with Crippen LogP contribution in [0.4, 0.5) is 0 Å². The highest BCUT2D eigenvalue weighted by Gasteiger charge is 2.20. The van der Waals surface area contributed by atoms with Crippen LogP contribution in [0.3, 0.4) is 0 Å². The lowest BCUT2D eigenvalue weighted by Gasteiger charge is -2.20. The monoisotopic (exact) mass is 258 g/mol. The third-order valence-corrected chi connectivity index (χ3v) is 3.20. The summed E-state index contributed by atoms with van der Waals surface area (Å²) in [6, 6.07) is 4.13. The molecule has 0 fully saturated rings. The fourth-order valence-electron chi connectivity index (χ4n) is 2.33. The lowest BCUT2D eigenvalue weighted by molar-refractivity contribution is 0.533. The lowest BCUT2D eigenvalue weighted by atomic mass is 10.1. The van der Waals surface area contributed by atoms with Gasteiger partial charge in [0, 0.05) is 25.1 Å². The molecule has 0 bridgehead atoms. The molecule has 102 valence electrons. The topological polar surface area (TPSA) is 42.7 Å².